The van der Waals surface area contributed by atoms with Gasteiger partial charge in [0, 0.05) is 22.4 Å². The van der Waals surface area contributed by atoms with Gasteiger partial charge in [-0.1, -0.05) is 12.1 Å². The largest absolute Gasteiger partial charge is 0.454 e. The fraction of sp³-hybridized carbons (Fsp3) is 0.235. The highest BCUT2D eigenvalue weighted by Crippen LogP contribution is 2.23. The van der Waals surface area contributed by atoms with Gasteiger partial charge in [0.25, 0.3) is 0 Å². The van der Waals surface area contributed by atoms with E-state index >= 15 is 0 Å². The molecule has 22 heavy (non-hydrogen) atoms. The second-order valence-corrected chi connectivity index (χ2v) is 6.14. The second-order valence-electron chi connectivity index (χ2n) is 5.23. The molecule has 0 fully saturated rings. The van der Waals surface area contributed by atoms with Crippen molar-refractivity contribution in [2.24, 2.45) is 0 Å². The molecule has 2 aromatic rings. The molecule has 5 heteroatoms. The maximum Gasteiger partial charge on any atom is 0.340 e. The van der Waals surface area contributed by atoms with Gasteiger partial charge in [-0.15, -0.1) is 0 Å². The number of hydrogen-bond acceptors (Lipinski definition) is 4. The molecule has 0 atom stereocenters. The molecule has 0 saturated heterocycles. The Hall–Kier alpha value is -2.01. The van der Waals surface area contributed by atoms with E-state index in [0.29, 0.717) is 15.6 Å². The van der Waals surface area contributed by atoms with Gasteiger partial charge in [0.1, 0.15) is 0 Å². The predicted octanol–water partition coefficient (Wildman–Crippen LogP) is 3.37. The fourth-order valence-corrected chi connectivity index (χ4v) is 2.93. The molecule has 0 bridgehead atoms. The third-order valence-electron chi connectivity index (χ3n) is 3.70. The first kappa shape index (κ1) is 14.9. The van der Waals surface area contributed by atoms with Gasteiger partial charge in [-0.2, -0.15) is 0 Å². The summed E-state index contributed by atoms with van der Waals surface area (Å²) in [4.78, 5) is 27.9. The van der Waals surface area contributed by atoms with Gasteiger partial charge >= 0.3 is 5.97 Å². The SMILES string of the molecule is O=C(COC(=O)c1cncc(Br)c1)c1ccc2c(c1)CCC2. The summed E-state index contributed by atoms with van der Waals surface area (Å²) in [6.07, 6.45) is 6.21. The molecule has 1 aromatic heterocycles. The molecule has 0 N–H and O–H groups in total. The Morgan fingerprint density at radius 3 is 2.73 bits per heavy atom. The van der Waals surface area contributed by atoms with E-state index in [9.17, 15) is 9.59 Å². The molecule has 0 radical (unpaired) electrons. The number of ether oxygens (including phenoxy) is 1. The van der Waals surface area contributed by atoms with Crippen LogP contribution < -0.4 is 0 Å². The van der Waals surface area contributed by atoms with E-state index in [1.54, 1.807) is 18.3 Å². The monoisotopic (exact) mass is 359 g/mol. The lowest BCUT2D eigenvalue weighted by atomic mass is 10.0. The van der Waals surface area contributed by atoms with Gasteiger partial charge in [0.15, 0.2) is 12.4 Å². The smallest absolute Gasteiger partial charge is 0.340 e. The molecule has 4 nitrogen and oxygen atoms in total. The van der Waals surface area contributed by atoms with Crippen molar-refractivity contribution in [1.29, 1.82) is 0 Å². The first-order chi connectivity index (χ1) is 10.6. The number of pyridine rings is 1. The number of hydrogen-bond donors (Lipinski definition) is 0. The van der Waals surface area contributed by atoms with Crippen LogP contribution in [0.2, 0.25) is 0 Å². The Bertz CT molecular complexity index is 742. The molecular formula is C17H14BrNO3. The molecule has 1 aliphatic rings. The second kappa shape index (κ2) is 6.40. The van der Waals surface area contributed by atoms with E-state index in [1.807, 2.05) is 12.1 Å². The number of aromatic nitrogens is 1. The van der Waals surface area contributed by atoms with Crippen LogP contribution in [0, 0.1) is 0 Å². The van der Waals surface area contributed by atoms with E-state index in [1.165, 1.54) is 17.3 Å². The number of halogens is 1. The highest BCUT2D eigenvalue weighted by atomic mass is 79.9. The molecule has 112 valence electrons. The Morgan fingerprint density at radius 1 is 1.09 bits per heavy atom. The van der Waals surface area contributed by atoms with Crippen LogP contribution in [-0.4, -0.2) is 23.3 Å². The van der Waals surface area contributed by atoms with Crippen molar-refractivity contribution in [3.05, 3.63) is 63.4 Å². The van der Waals surface area contributed by atoms with Crippen molar-refractivity contribution in [3.63, 3.8) is 0 Å². The number of rotatable bonds is 4. The topological polar surface area (TPSA) is 56.3 Å². The van der Waals surface area contributed by atoms with E-state index < -0.39 is 5.97 Å². The molecular weight excluding hydrogens is 346 g/mol. The normalized spacial score (nSPS) is 12.8. The maximum atomic E-state index is 12.1. The molecule has 0 amide bonds. The summed E-state index contributed by atoms with van der Waals surface area (Å²) in [6, 6.07) is 7.32. The summed E-state index contributed by atoms with van der Waals surface area (Å²) in [5.41, 5.74) is 3.46. The molecule has 1 heterocycles. The first-order valence-corrected chi connectivity index (χ1v) is 7.85. The number of esters is 1. The minimum Gasteiger partial charge on any atom is -0.454 e. The highest BCUT2D eigenvalue weighted by Gasteiger charge is 2.16. The highest BCUT2D eigenvalue weighted by molar-refractivity contribution is 9.10. The van der Waals surface area contributed by atoms with E-state index in [-0.39, 0.29) is 12.4 Å². The van der Waals surface area contributed by atoms with Crippen molar-refractivity contribution in [3.8, 4) is 0 Å². The van der Waals surface area contributed by atoms with Crippen molar-refractivity contribution < 1.29 is 14.3 Å². The van der Waals surface area contributed by atoms with Gasteiger partial charge in [0.2, 0.25) is 0 Å². The van der Waals surface area contributed by atoms with Crippen molar-refractivity contribution >= 4 is 27.7 Å². The molecule has 0 spiro atoms. The average Bonchev–Trinajstić information content (AvgIpc) is 2.99. The van der Waals surface area contributed by atoms with Crippen LogP contribution in [0.4, 0.5) is 0 Å². The third kappa shape index (κ3) is 3.25. The number of benzene rings is 1. The summed E-state index contributed by atoms with van der Waals surface area (Å²) < 4.78 is 5.76. The van der Waals surface area contributed by atoms with Crippen molar-refractivity contribution in [2.75, 3.05) is 6.61 Å². The third-order valence-corrected chi connectivity index (χ3v) is 4.13. The zero-order valence-electron chi connectivity index (χ0n) is 11.8. The lowest BCUT2D eigenvalue weighted by Crippen LogP contribution is -2.14. The number of Topliss-reactive ketones (excluding diaryl/α,β-unsaturated/α-hetero) is 1. The van der Waals surface area contributed by atoms with Crippen molar-refractivity contribution in [2.45, 2.75) is 19.3 Å². The number of fused-ring (bicyclic) bond motifs is 1. The Kier molecular flexibility index (Phi) is 4.34. The summed E-state index contributed by atoms with van der Waals surface area (Å²) in [5.74, 6) is -0.741. The number of carbonyl (C=O) groups is 2. The zero-order valence-corrected chi connectivity index (χ0v) is 13.4. The van der Waals surface area contributed by atoms with E-state index in [0.717, 1.165) is 19.3 Å². The van der Waals surface area contributed by atoms with Crippen LogP contribution in [0.15, 0.2) is 41.1 Å². The summed E-state index contributed by atoms with van der Waals surface area (Å²) >= 11 is 3.24. The Balaban J connectivity index is 1.64. The van der Waals surface area contributed by atoms with Crippen LogP contribution in [0.3, 0.4) is 0 Å². The zero-order chi connectivity index (χ0) is 15.5. The predicted molar refractivity (Wildman–Crippen MR) is 85.0 cm³/mol. The van der Waals surface area contributed by atoms with Gasteiger partial charge in [-0.3, -0.25) is 9.78 Å². The van der Waals surface area contributed by atoms with Crippen LogP contribution in [0.1, 0.15) is 38.3 Å². The van der Waals surface area contributed by atoms with Crippen LogP contribution >= 0.6 is 15.9 Å². The minimum atomic E-state index is -0.552. The molecule has 1 aliphatic carbocycles. The van der Waals surface area contributed by atoms with Gasteiger partial charge in [-0.25, -0.2) is 4.79 Å². The maximum absolute atomic E-state index is 12.1. The number of ketones is 1. The molecule has 0 unspecified atom stereocenters. The summed E-state index contributed by atoms with van der Waals surface area (Å²) in [5, 5.41) is 0. The quantitative estimate of drug-likeness (QED) is 0.620. The van der Waals surface area contributed by atoms with Crippen molar-refractivity contribution in [1.82, 2.24) is 4.98 Å². The van der Waals surface area contributed by atoms with Crippen LogP contribution in [0.5, 0.6) is 0 Å². The van der Waals surface area contributed by atoms with Crippen LogP contribution in [0.25, 0.3) is 0 Å². The molecule has 1 aromatic carbocycles. The van der Waals surface area contributed by atoms with Gasteiger partial charge < -0.3 is 4.74 Å². The van der Waals surface area contributed by atoms with E-state index in [4.69, 9.17) is 4.74 Å². The molecule has 0 aliphatic heterocycles. The van der Waals surface area contributed by atoms with E-state index in [2.05, 4.69) is 20.9 Å². The number of nitrogens with zero attached hydrogens (tertiary/aromatic N) is 1. The molecule has 3 rings (SSSR count). The Morgan fingerprint density at radius 2 is 1.91 bits per heavy atom. The standard InChI is InChI=1S/C17H14BrNO3/c18-15-7-14(8-19-9-15)17(21)22-10-16(20)13-5-4-11-2-1-3-12(11)6-13/h4-9H,1-3,10H2. The van der Waals surface area contributed by atoms with Gasteiger partial charge in [-0.05, 0) is 58.5 Å². The number of aryl methyl sites for hydroxylation is 2. The average molecular weight is 360 g/mol. The summed E-state index contributed by atoms with van der Waals surface area (Å²) in [6.45, 7) is -0.260. The minimum absolute atomic E-state index is 0.189. The Labute approximate surface area is 136 Å². The fourth-order valence-electron chi connectivity index (χ4n) is 2.57. The lowest BCUT2D eigenvalue weighted by molar-refractivity contribution is 0.0474. The van der Waals surface area contributed by atoms with Gasteiger partial charge in [0.05, 0.1) is 5.56 Å². The summed E-state index contributed by atoms with van der Waals surface area (Å²) in [7, 11) is 0. The number of carbonyl (C=O) groups excluding carboxylic acids is 2. The first-order valence-electron chi connectivity index (χ1n) is 7.06. The lowest BCUT2D eigenvalue weighted by Gasteiger charge is -2.06. The van der Waals surface area contributed by atoms with Crippen LogP contribution in [-0.2, 0) is 17.6 Å². The molecule has 0 saturated carbocycles.